The third-order valence-corrected chi connectivity index (χ3v) is 4.15. The van der Waals surface area contributed by atoms with Crippen molar-refractivity contribution in [2.45, 2.75) is 20.0 Å². The number of carbonyl (C=O) groups is 2. The summed E-state index contributed by atoms with van der Waals surface area (Å²) in [5.74, 6) is -2.25. The van der Waals surface area contributed by atoms with Gasteiger partial charge < -0.3 is 9.98 Å². The van der Waals surface area contributed by atoms with Crippen molar-refractivity contribution in [2.75, 3.05) is 6.26 Å². The first kappa shape index (κ1) is 22.2. The standard InChI is InChI=1S/C16H16F3N5O4S/c1-9(20)11-6-13(16(17,18)19)14(23-5-4-21-8-23)7-12(11)15(26)24(10(2)25)22-29(3,27)28/h4-8,20,22H,1-3H3. The van der Waals surface area contributed by atoms with Gasteiger partial charge in [0.15, 0.2) is 0 Å². The van der Waals surface area contributed by atoms with Crippen molar-refractivity contribution < 1.29 is 31.2 Å². The van der Waals surface area contributed by atoms with E-state index in [-0.39, 0.29) is 10.7 Å². The van der Waals surface area contributed by atoms with E-state index in [1.807, 2.05) is 0 Å². The maximum atomic E-state index is 13.6. The number of carbonyl (C=O) groups excluding carboxylic acids is 2. The summed E-state index contributed by atoms with van der Waals surface area (Å²) in [6, 6.07) is 1.43. The zero-order valence-corrected chi connectivity index (χ0v) is 16.2. The number of halogens is 3. The van der Waals surface area contributed by atoms with Crippen LogP contribution >= 0.6 is 0 Å². The normalized spacial score (nSPS) is 11.9. The molecule has 0 atom stereocenters. The Kier molecular flexibility index (Phi) is 5.94. The van der Waals surface area contributed by atoms with E-state index in [0.29, 0.717) is 12.3 Å². The van der Waals surface area contributed by atoms with E-state index in [4.69, 9.17) is 5.41 Å². The Morgan fingerprint density at radius 2 is 1.83 bits per heavy atom. The van der Waals surface area contributed by atoms with Gasteiger partial charge in [0.2, 0.25) is 15.9 Å². The average molecular weight is 431 g/mol. The molecule has 13 heteroatoms. The zero-order chi connectivity index (χ0) is 22.1. The van der Waals surface area contributed by atoms with Crippen molar-refractivity contribution in [1.29, 1.82) is 5.41 Å². The maximum absolute atomic E-state index is 13.6. The molecular weight excluding hydrogens is 415 g/mol. The fourth-order valence-corrected chi connectivity index (χ4v) is 3.00. The monoisotopic (exact) mass is 431 g/mol. The van der Waals surface area contributed by atoms with Gasteiger partial charge in [-0.2, -0.15) is 18.2 Å². The molecule has 2 aromatic rings. The van der Waals surface area contributed by atoms with E-state index in [1.165, 1.54) is 12.4 Å². The summed E-state index contributed by atoms with van der Waals surface area (Å²) in [4.78, 5) is 30.0. The van der Waals surface area contributed by atoms with Crippen LogP contribution in [0.5, 0.6) is 0 Å². The summed E-state index contributed by atoms with van der Waals surface area (Å²) in [6.45, 7) is 2.05. The summed E-state index contributed by atoms with van der Waals surface area (Å²) in [7, 11) is -4.05. The van der Waals surface area contributed by atoms with Gasteiger partial charge >= 0.3 is 6.18 Å². The van der Waals surface area contributed by atoms with Crippen molar-refractivity contribution in [3.63, 3.8) is 0 Å². The number of aromatic nitrogens is 2. The highest BCUT2D eigenvalue weighted by atomic mass is 32.2. The SMILES string of the molecule is CC(=N)c1cc(C(F)(F)F)c(-n2ccnc2)cc1C(=O)N(NS(C)(=O)=O)C(C)=O. The lowest BCUT2D eigenvalue weighted by atomic mass is 9.97. The third kappa shape index (κ3) is 5.06. The maximum Gasteiger partial charge on any atom is 0.418 e. The summed E-state index contributed by atoms with van der Waals surface area (Å²) >= 11 is 0. The number of nitrogens with zero attached hydrogens (tertiary/aromatic N) is 3. The molecule has 0 spiro atoms. The lowest BCUT2D eigenvalue weighted by Gasteiger charge is -2.22. The number of hydrogen-bond donors (Lipinski definition) is 2. The van der Waals surface area contributed by atoms with E-state index in [2.05, 4.69) is 4.98 Å². The topological polar surface area (TPSA) is 125 Å². The van der Waals surface area contributed by atoms with Crippen LogP contribution in [-0.2, 0) is 21.0 Å². The molecule has 0 bridgehead atoms. The summed E-state index contributed by atoms with van der Waals surface area (Å²) in [5, 5.41) is 7.92. The van der Waals surface area contributed by atoms with Crippen LogP contribution in [0.25, 0.3) is 5.69 Å². The Labute approximate surface area is 163 Å². The zero-order valence-electron chi connectivity index (χ0n) is 15.4. The number of imide groups is 1. The van der Waals surface area contributed by atoms with Gasteiger partial charge in [-0.1, -0.05) is 0 Å². The summed E-state index contributed by atoms with van der Waals surface area (Å²) < 4.78 is 64.7. The quantitative estimate of drug-likeness (QED) is 0.551. The minimum Gasteiger partial charge on any atom is -0.306 e. The molecule has 1 aromatic carbocycles. The molecule has 2 amide bonds. The second-order valence-corrected chi connectivity index (χ2v) is 7.76. The molecule has 1 aromatic heterocycles. The number of alkyl halides is 3. The fraction of sp³-hybridized carbons (Fsp3) is 0.250. The van der Waals surface area contributed by atoms with Gasteiger partial charge in [0.25, 0.3) is 5.91 Å². The van der Waals surface area contributed by atoms with E-state index in [9.17, 15) is 31.2 Å². The van der Waals surface area contributed by atoms with Crippen molar-refractivity contribution in [2.24, 2.45) is 0 Å². The molecule has 0 saturated heterocycles. The molecule has 156 valence electrons. The molecule has 2 rings (SSSR count). The Balaban J connectivity index is 2.79. The van der Waals surface area contributed by atoms with Gasteiger partial charge in [-0.05, 0) is 19.1 Å². The Morgan fingerprint density at radius 1 is 1.21 bits per heavy atom. The second-order valence-electron chi connectivity index (χ2n) is 6.03. The van der Waals surface area contributed by atoms with Crippen molar-refractivity contribution in [3.05, 3.63) is 47.5 Å². The van der Waals surface area contributed by atoms with Crippen molar-refractivity contribution in [3.8, 4) is 5.69 Å². The largest absolute Gasteiger partial charge is 0.418 e. The fourth-order valence-electron chi connectivity index (χ4n) is 2.45. The third-order valence-electron chi connectivity index (χ3n) is 3.63. The molecule has 0 aliphatic rings. The molecule has 9 nitrogen and oxygen atoms in total. The number of hydrazine groups is 1. The van der Waals surface area contributed by atoms with E-state index >= 15 is 0 Å². The molecule has 0 saturated carbocycles. The van der Waals surface area contributed by atoms with Gasteiger partial charge in [0.05, 0.1) is 29.4 Å². The van der Waals surface area contributed by atoms with Gasteiger partial charge in [-0.25, -0.2) is 13.4 Å². The number of rotatable bonds is 5. The molecule has 0 aliphatic carbocycles. The highest BCUT2D eigenvalue weighted by molar-refractivity contribution is 7.88. The first-order valence-electron chi connectivity index (χ1n) is 7.84. The van der Waals surface area contributed by atoms with Crippen LogP contribution in [0.3, 0.4) is 0 Å². The van der Waals surface area contributed by atoms with Crippen LogP contribution < -0.4 is 4.83 Å². The Morgan fingerprint density at radius 3 is 2.24 bits per heavy atom. The number of amides is 2. The van der Waals surface area contributed by atoms with Crippen LogP contribution in [-0.4, -0.2) is 46.8 Å². The molecule has 29 heavy (non-hydrogen) atoms. The summed E-state index contributed by atoms with van der Waals surface area (Å²) in [6.07, 6.45) is -0.607. The number of benzene rings is 1. The first-order chi connectivity index (χ1) is 13.2. The molecule has 0 unspecified atom stereocenters. The van der Waals surface area contributed by atoms with Crippen molar-refractivity contribution in [1.82, 2.24) is 19.4 Å². The van der Waals surface area contributed by atoms with Gasteiger partial charge in [0.1, 0.15) is 0 Å². The first-order valence-corrected chi connectivity index (χ1v) is 9.73. The predicted octanol–water partition coefficient (Wildman–Crippen LogP) is 1.73. The Hall–Kier alpha value is -3.06. The highest BCUT2D eigenvalue weighted by Gasteiger charge is 2.37. The van der Waals surface area contributed by atoms with E-state index in [1.54, 1.807) is 4.83 Å². The molecule has 0 fully saturated rings. The summed E-state index contributed by atoms with van der Waals surface area (Å²) in [5.41, 5.74) is -2.89. The average Bonchev–Trinajstić information content (AvgIpc) is 3.10. The van der Waals surface area contributed by atoms with Crippen LogP contribution in [0.15, 0.2) is 30.9 Å². The molecular formula is C16H16F3N5O4S. The predicted molar refractivity (Wildman–Crippen MR) is 95.9 cm³/mol. The number of sulfonamides is 1. The number of imidazole rings is 1. The lowest BCUT2D eigenvalue weighted by molar-refractivity contribution is -0.137. The molecule has 2 N–H and O–H groups in total. The molecule has 0 radical (unpaired) electrons. The minimum absolute atomic E-state index is 0.155. The number of nitrogens with one attached hydrogen (secondary N) is 2. The Bertz CT molecular complexity index is 1080. The van der Waals surface area contributed by atoms with Crippen LogP contribution in [0.1, 0.15) is 35.3 Å². The smallest absolute Gasteiger partial charge is 0.306 e. The van der Waals surface area contributed by atoms with Crippen LogP contribution in [0.4, 0.5) is 13.2 Å². The molecule has 0 aliphatic heterocycles. The number of hydrogen-bond acceptors (Lipinski definition) is 6. The van der Waals surface area contributed by atoms with Crippen molar-refractivity contribution >= 4 is 27.5 Å². The minimum atomic E-state index is -4.82. The highest BCUT2D eigenvalue weighted by Crippen LogP contribution is 2.36. The molecule has 1 heterocycles. The van der Waals surface area contributed by atoms with Crippen LogP contribution in [0, 0.1) is 5.41 Å². The second kappa shape index (κ2) is 7.75. The van der Waals surface area contributed by atoms with Gasteiger partial charge in [-0.15, -0.1) is 4.83 Å². The van der Waals surface area contributed by atoms with Gasteiger partial charge in [0, 0.05) is 30.6 Å². The van der Waals surface area contributed by atoms with E-state index in [0.717, 1.165) is 30.8 Å². The van der Waals surface area contributed by atoms with Crippen LogP contribution in [0.2, 0.25) is 0 Å². The lowest BCUT2D eigenvalue weighted by Crippen LogP contribution is -2.48. The van der Waals surface area contributed by atoms with Gasteiger partial charge in [-0.3, -0.25) is 9.59 Å². The van der Waals surface area contributed by atoms with E-state index < -0.39 is 50.4 Å².